The highest BCUT2D eigenvalue weighted by Crippen LogP contribution is 2.34. The van der Waals surface area contributed by atoms with E-state index in [2.05, 4.69) is 15.3 Å². The van der Waals surface area contributed by atoms with E-state index >= 15 is 0 Å². The lowest BCUT2D eigenvalue weighted by molar-refractivity contribution is 0.0794. The number of aliphatic imine (C=N–C) groups is 1. The van der Waals surface area contributed by atoms with Crippen molar-refractivity contribution in [3.63, 3.8) is 0 Å². The maximum atomic E-state index is 14.8. The number of nitrogens with zero attached hydrogens (tertiary/aromatic N) is 4. The van der Waals surface area contributed by atoms with Crippen molar-refractivity contribution < 1.29 is 13.6 Å². The molecule has 39 heavy (non-hydrogen) atoms. The van der Waals surface area contributed by atoms with Crippen LogP contribution in [0.5, 0.6) is 0 Å². The first-order valence-electron chi connectivity index (χ1n) is 12.3. The molecular formula is C29H25ClF2N6O. The number of aromatic nitrogens is 2. The van der Waals surface area contributed by atoms with E-state index in [0.29, 0.717) is 57.7 Å². The molecule has 0 atom stereocenters. The summed E-state index contributed by atoms with van der Waals surface area (Å²) in [7, 11) is 1.74. The fraction of sp³-hybridized carbons (Fsp3) is 0.172. The Balaban J connectivity index is 1.46. The Labute approximate surface area is 229 Å². The van der Waals surface area contributed by atoms with Crippen LogP contribution in [0.2, 0.25) is 5.02 Å². The molecule has 3 aromatic carbocycles. The zero-order valence-electron chi connectivity index (χ0n) is 21.1. The molecule has 1 amide bonds. The van der Waals surface area contributed by atoms with E-state index in [1.165, 1.54) is 18.2 Å². The maximum Gasteiger partial charge on any atom is 0.253 e. The van der Waals surface area contributed by atoms with E-state index in [0.717, 1.165) is 6.42 Å². The van der Waals surface area contributed by atoms with Gasteiger partial charge in [-0.05, 0) is 61.5 Å². The zero-order chi connectivity index (χ0) is 27.5. The molecule has 198 valence electrons. The Morgan fingerprint density at radius 1 is 1.08 bits per heavy atom. The molecule has 0 radical (unpaired) electrons. The quantitative estimate of drug-likeness (QED) is 0.315. The number of nitrogens with one attached hydrogen (secondary N) is 1. The van der Waals surface area contributed by atoms with Crippen molar-refractivity contribution in [2.24, 2.45) is 10.7 Å². The minimum absolute atomic E-state index is 0.0892. The van der Waals surface area contributed by atoms with Gasteiger partial charge < -0.3 is 16.0 Å². The molecule has 5 rings (SSSR count). The van der Waals surface area contributed by atoms with E-state index in [1.54, 1.807) is 60.6 Å². The lowest BCUT2D eigenvalue weighted by Crippen LogP contribution is -2.28. The zero-order valence-corrected chi connectivity index (χ0v) is 21.8. The molecule has 1 aliphatic heterocycles. The summed E-state index contributed by atoms with van der Waals surface area (Å²) in [6.07, 6.45) is 2.37. The maximum absolute atomic E-state index is 14.8. The van der Waals surface area contributed by atoms with Crippen molar-refractivity contribution in [2.45, 2.75) is 13.0 Å². The second-order valence-electron chi connectivity index (χ2n) is 9.09. The molecule has 1 aliphatic rings. The SMILES string of the molecule is CN(CCCN)C(=O)c1ccc(Nc2ncc3c(n2)-c2ccc(Cl)cc2C(c2c(F)cccc2F)=NC3)cc1. The van der Waals surface area contributed by atoms with E-state index in [1.807, 2.05) is 0 Å². The molecular weight excluding hydrogens is 522 g/mol. The standard InChI is InChI=1S/C29H25ClF2N6O/c1-38(13-3-12-33)28(39)17-6-9-20(10-7-17)36-29-35-16-18-15-34-27(25-23(31)4-2-5-24(25)32)22-14-19(30)8-11-21(22)26(18)37-29/h2,4-11,14,16H,3,12-13,15,33H2,1H3,(H,35,36,37). The normalized spacial score (nSPS) is 12.2. The number of carbonyl (C=O) groups excluding carboxylic acids is 1. The average molecular weight is 547 g/mol. The van der Waals surface area contributed by atoms with Crippen LogP contribution in [-0.2, 0) is 6.54 Å². The third kappa shape index (κ3) is 5.50. The Morgan fingerprint density at radius 3 is 2.54 bits per heavy atom. The summed E-state index contributed by atoms with van der Waals surface area (Å²) in [5.74, 6) is -1.21. The van der Waals surface area contributed by atoms with E-state index in [9.17, 15) is 13.6 Å². The number of anilines is 2. The van der Waals surface area contributed by atoms with Gasteiger partial charge in [-0.1, -0.05) is 23.7 Å². The van der Waals surface area contributed by atoms with E-state index in [4.69, 9.17) is 22.3 Å². The van der Waals surface area contributed by atoms with Crippen molar-refractivity contribution in [1.82, 2.24) is 14.9 Å². The van der Waals surface area contributed by atoms with Crippen LogP contribution in [0, 0.1) is 11.6 Å². The first-order valence-corrected chi connectivity index (χ1v) is 12.7. The smallest absolute Gasteiger partial charge is 0.253 e. The van der Waals surface area contributed by atoms with Gasteiger partial charge in [-0.25, -0.2) is 18.7 Å². The van der Waals surface area contributed by atoms with Gasteiger partial charge in [0.15, 0.2) is 0 Å². The summed E-state index contributed by atoms with van der Waals surface area (Å²) in [5, 5.41) is 3.56. The molecule has 0 spiro atoms. The molecule has 0 fully saturated rings. The van der Waals surface area contributed by atoms with Crippen LogP contribution in [0.1, 0.15) is 33.5 Å². The number of halogens is 3. The van der Waals surface area contributed by atoms with Crippen LogP contribution < -0.4 is 11.1 Å². The monoisotopic (exact) mass is 546 g/mol. The summed E-state index contributed by atoms with van der Waals surface area (Å²) in [5.41, 5.74) is 9.08. The van der Waals surface area contributed by atoms with Crippen LogP contribution >= 0.6 is 11.6 Å². The highest BCUT2D eigenvalue weighted by molar-refractivity contribution is 6.31. The summed E-state index contributed by atoms with van der Waals surface area (Å²) < 4.78 is 29.5. The van der Waals surface area contributed by atoms with Crippen LogP contribution in [0.15, 0.2) is 71.9 Å². The van der Waals surface area contributed by atoms with Gasteiger partial charge >= 0.3 is 0 Å². The Bertz CT molecular complexity index is 1550. The predicted octanol–water partition coefficient (Wildman–Crippen LogP) is 5.59. The van der Waals surface area contributed by atoms with Gasteiger partial charge in [-0.3, -0.25) is 9.79 Å². The Morgan fingerprint density at radius 2 is 1.82 bits per heavy atom. The van der Waals surface area contributed by atoms with Crippen molar-refractivity contribution >= 4 is 34.9 Å². The number of fused-ring (bicyclic) bond motifs is 3. The minimum Gasteiger partial charge on any atom is -0.342 e. The van der Waals surface area contributed by atoms with Crippen LogP contribution in [0.4, 0.5) is 20.4 Å². The van der Waals surface area contributed by atoms with Gasteiger partial charge in [0.25, 0.3) is 5.91 Å². The molecule has 4 aromatic rings. The summed E-state index contributed by atoms with van der Waals surface area (Å²) >= 11 is 6.29. The largest absolute Gasteiger partial charge is 0.342 e. The fourth-order valence-electron chi connectivity index (χ4n) is 4.40. The topological polar surface area (TPSA) is 96.5 Å². The first-order chi connectivity index (χ1) is 18.9. The lowest BCUT2D eigenvalue weighted by Gasteiger charge is -2.17. The molecule has 7 nitrogen and oxygen atoms in total. The molecule has 0 saturated carbocycles. The number of amides is 1. The van der Waals surface area contributed by atoms with Gasteiger partial charge in [-0.15, -0.1) is 0 Å². The van der Waals surface area contributed by atoms with Gasteiger partial charge in [0.05, 0.1) is 23.5 Å². The molecule has 0 unspecified atom stereocenters. The third-order valence-corrected chi connectivity index (χ3v) is 6.63. The second-order valence-corrected chi connectivity index (χ2v) is 9.53. The molecule has 10 heteroatoms. The van der Waals surface area contributed by atoms with Crippen LogP contribution in [0.25, 0.3) is 11.3 Å². The molecule has 0 saturated heterocycles. The third-order valence-electron chi connectivity index (χ3n) is 6.40. The first kappa shape index (κ1) is 26.4. The lowest BCUT2D eigenvalue weighted by atomic mass is 9.95. The van der Waals surface area contributed by atoms with Gasteiger partial charge in [0.2, 0.25) is 5.95 Å². The minimum atomic E-state index is -0.716. The molecule has 3 N–H and O–H groups in total. The van der Waals surface area contributed by atoms with Gasteiger partial charge in [-0.2, -0.15) is 0 Å². The van der Waals surface area contributed by atoms with Crippen LogP contribution in [-0.4, -0.2) is 46.6 Å². The van der Waals surface area contributed by atoms with E-state index in [-0.39, 0.29) is 23.7 Å². The summed E-state index contributed by atoms with van der Waals surface area (Å²) in [6, 6.07) is 15.8. The molecule has 0 aliphatic carbocycles. The van der Waals surface area contributed by atoms with Gasteiger partial charge in [0.1, 0.15) is 11.6 Å². The molecule has 2 heterocycles. The Hall–Kier alpha value is -4.21. The Kier molecular flexibility index (Phi) is 7.63. The number of rotatable bonds is 7. The van der Waals surface area contributed by atoms with Crippen molar-refractivity contribution in [3.8, 4) is 11.3 Å². The number of hydrogen-bond donors (Lipinski definition) is 2. The highest BCUT2D eigenvalue weighted by atomic mass is 35.5. The van der Waals surface area contributed by atoms with Crippen molar-refractivity contribution in [2.75, 3.05) is 25.5 Å². The molecule has 0 bridgehead atoms. The summed E-state index contributed by atoms with van der Waals surface area (Å²) in [6.45, 7) is 1.23. The second kappa shape index (κ2) is 11.3. The highest BCUT2D eigenvalue weighted by Gasteiger charge is 2.25. The fourth-order valence-corrected chi connectivity index (χ4v) is 4.57. The molecule has 1 aromatic heterocycles. The number of carbonyl (C=O) groups is 1. The van der Waals surface area contributed by atoms with Crippen LogP contribution in [0.3, 0.4) is 0 Å². The van der Waals surface area contributed by atoms with E-state index < -0.39 is 11.6 Å². The van der Waals surface area contributed by atoms with Gasteiger partial charge in [0, 0.05) is 52.8 Å². The number of benzene rings is 3. The summed E-state index contributed by atoms with van der Waals surface area (Å²) in [4.78, 5) is 27.9. The number of nitrogens with two attached hydrogens (primary N) is 1. The van der Waals surface area contributed by atoms with Crippen molar-refractivity contribution in [1.29, 1.82) is 0 Å². The average Bonchev–Trinajstić information content (AvgIpc) is 3.08. The van der Waals surface area contributed by atoms with Crippen molar-refractivity contribution in [3.05, 3.63) is 106 Å². The number of hydrogen-bond acceptors (Lipinski definition) is 6. The predicted molar refractivity (Wildman–Crippen MR) is 149 cm³/mol.